The molecule has 0 bridgehead atoms. The van der Waals surface area contributed by atoms with E-state index in [2.05, 4.69) is 5.10 Å². The van der Waals surface area contributed by atoms with Gasteiger partial charge >= 0.3 is 0 Å². The van der Waals surface area contributed by atoms with Crippen LogP contribution in [0.15, 0.2) is 39.5 Å². The van der Waals surface area contributed by atoms with E-state index in [9.17, 15) is 9.59 Å². The third-order valence-corrected chi connectivity index (χ3v) is 4.16. The average molecular weight is 314 g/mol. The Bertz CT molecular complexity index is 669. The smallest absolute Gasteiger partial charge is 0.276 e. The lowest BCUT2D eigenvalue weighted by Gasteiger charge is -2.31. The number of allylic oxidation sites excluding steroid dienone is 5. The minimum absolute atomic E-state index is 0.0720. The van der Waals surface area contributed by atoms with Crippen molar-refractivity contribution < 1.29 is 9.59 Å². The Morgan fingerprint density at radius 3 is 1.65 bits per heavy atom. The van der Waals surface area contributed by atoms with Gasteiger partial charge in [-0.25, -0.2) is 5.01 Å². The van der Waals surface area contributed by atoms with E-state index in [1.807, 2.05) is 60.6 Å². The molecule has 2 rings (SSSR count). The molecule has 0 aromatic carbocycles. The van der Waals surface area contributed by atoms with Crippen LogP contribution in [-0.4, -0.2) is 29.5 Å². The zero-order chi connectivity index (χ0) is 17.7. The standard InChI is InChI=1S/C19H26N2O2/c1-11-15(17(23)21(8)20-11)12-9-13(18(2,3)4)16(22)14(10-12)19(5,6)7/h9-10H,1-8H3. The van der Waals surface area contributed by atoms with Gasteiger partial charge in [-0.2, -0.15) is 5.10 Å². The molecule has 124 valence electrons. The first-order valence-electron chi connectivity index (χ1n) is 7.91. The zero-order valence-corrected chi connectivity index (χ0v) is 15.4. The summed E-state index contributed by atoms with van der Waals surface area (Å²) in [5.41, 5.74) is 2.97. The van der Waals surface area contributed by atoms with E-state index in [1.165, 1.54) is 5.01 Å². The summed E-state index contributed by atoms with van der Waals surface area (Å²) >= 11 is 0. The molecule has 0 saturated heterocycles. The van der Waals surface area contributed by atoms with Crippen molar-refractivity contribution in [2.45, 2.75) is 48.5 Å². The Kier molecular flexibility index (Phi) is 4.00. The molecule has 4 heteroatoms. The van der Waals surface area contributed by atoms with Gasteiger partial charge in [0.1, 0.15) is 0 Å². The highest BCUT2D eigenvalue weighted by Gasteiger charge is 2.36. The Hall–Kier alpha value is -1.97. The average Bonchev–Trinajstić information content (AvgIpc) is 2.61. The molecule has 0 N–H and O–H groups in total. The molecule has 0 radical (unpaired) electrons. The summed E-state index contributed by atoms with van der Waals surface area (Å²) in [5, 5.41) is 5.57. The van der Waals surface area contributed by atoms with Gasteiger partial charge in [-0.3, -0.25) is 9.59 Å². The number of Topliss-reactive ketones (excluding diaryl/α,β-unsaturated/α-hetero) is 1. The Morgan fingerprint density at radius 1 is 0.913 bits per heavy atom. The molecular weight excluding hydrogens is 288 g/mol. The Balaban J connectivity index is 2.74. The summed E-state index contributed by atoms with van der Waals surface area (Å²) in [6.45, 7) is 14.0. The third kappa shape index (κ3) is 3.07. The van der Waals surface area contributed by atoms with Crippen molar-refractivity contribution in [3.05, 3.63) is 34.4 Å². The summed E-state index contributed by atoms with van der Waals surface area (Å²) in [4.78, 5) is 25.3. The molecule has 0 aromatic heterocycles. The normalized spacial score (nSPS) is 20.0. The maximum absolute atomic E-state index is 12.9. The van der Waals surface area contributed by atoms with E-state index in [1.54, 1.807) is 7.05 Å². The van der Waals surface area contributed by atoms with Crippen LogP contribution in [0.4, 0.5) is 0 Å². The largest absolute Gasteiger partial charge is 0.289 e. The molecule has 0 unspecified atom stereocenters. The number of hydrazone groups is 1. The number of ketones is 1. The van der Waals surface area contributed by atoms with Gasteiger partial charge in [-0.1, -0.05) is 41.5 Å². The lowest BCUT2D eigenvalue weighted by atomic mass is 9.71. The number of carbonyl (C=O) groups is 2. The molecule has 4 nitrogen and oxygen atoms in total. The van der Waals surface area contributed by atoms with Crippen molar-refractivity contribution in [1.82, 2.24) is 5.01 Å². The van der Waals surface area contributed by atoms with Crippen LogP contribution >= 0.6 is 0 Å². The van der Waals surface area contributed by atoms with Crippen LogP contribution in [0.1, 0.15) is 48.5 Å². The molecule has 0 saturated carbocycles. The van der Waals surface area contributed by atoms with Crippen molar-refractivity contribution >= 4 is 17.4 Å². The summed E-state index contributed by atoms with van der Waals surface area (Å²) in [6.07, 6.45) is 3.73. The highest BCUT2D eigenvalue weighted by atomic mass is 16.2. The summed E-state index contributed by atoms with van der Waals surface area (Å²) in [6, 6.07) is 0. The van der Waals surface area contributed by atoms with Crippen LogP contribution in [0.25, 0.3) is 0 Å². The second-order valence-corrected chi connectivity index (χ2v) is 8.29. The fourth-order valence-electron chi connectivity index (χ4n) is 2.86. The third-order valence-electron chi connectivity index (χ3n) is 4.16. The molecule has 23 heavy (non-hydrogen) atoms. The highest BCUT2D eigenvalue weighted by molar-refractivity contribution is 6.25. The number of hydrogen-bond donors (Lipinski definition) is 0. The van der Waals surface area contributed by atoms with E-state index < -0.39 is 0 Å². The molecule has 1 amide bonds. The lowest BCUT2D eigenvalue weighted by molar-refractivity contribution is -0.124. The Labute approximate surface area is 138 Å². The molecule has 2 aliphatic rings. The van der Waals surface area contributed by atoms with Crippen molar-refractivity contribution in [2.75, 3.05) is 7.05 Å². The zero-order valence-electron chi connectivity index (χ0n) is 15.4. The van der Waals surface area contributed by atoms with Crippen molar-refractivity contribution in [1.29, 1.82) is 0 Å². The molecule has 0 fully saturated rings. The van der Waals surface area contributed by atoms with Crippen LogP contribution in [0.3, 0.4) is 0 Å². The van der Waals surface area contributed by atoms with Crippen molar-refractivity contribution in [2.24, 2.45) is 15.9 Å². The minimum atomic E-state index is -0.285. The maximum Gasteiger partial charge on any atom is 0.276 e. The van der Waals surface area contributed by atoms with E-state index in [0.29, 0.717) is 11.3 Å². The molecule has 0 aromatic rings. The van der Waals surface area contributed by atoms with Crippen LogP contribution in [0.2, 0.25) is 0 Å². The van der Waals surface area contributed by atoms with Crippen molar-refractivity contribution in [3.63, 3.8) is 0 Å². The fraction of sp³-hybridized carbons (Fsp3) is 0.526. The second kappa shape index (κ2) is 5.29. The van der Waals surface area contributed by atoms with E-state index in [0.717, 1.165) is 16.7 Å². The molecule has 0 atom stereocenters. The van der Waals surface area contributed by atoms with E-state index in [-0.39, 0.29) is 22.5 Å². The van der Waals surface area contributed by atoms with E-state index >= 15 is 0 Å². The number of carbonyl (C=O) groups excluding carboxylic acids is 2. The highest BCUT2D eigenvalue weighted by Crippen LogP contribution is 2.40. The lowest BCUT2D eigenvalue weighted by Crippen LogP contribution is -2.28. The summed E-state index contributed by atoms with van der Waals surface area (Å²) in [5.74, 6) is -0.0522. The van der Waals surface area contributed by atoms with Gasteiger partial charge in [0, 0.05) is 18.2 Å². The van der Waals surface area contributed by atoms with Crippen LogP contribution in [-0.2, 0) is 9.59 Å². The maximum atomic E-state index is 12.9. The molecule has 1 heterocycles. The summed E-state index contributed by atoms with van der Waals surface area (Å²) < 4.78 is 0. The van der Waals surface area contributed by atoms with Gasteiger partial charge in [0.25, 0.3) is 5.91 Å². The topological polar surface area (TPSA) is 49.7 Å². The fourth-order valence-corrected chi connectivity index (χ4v) is 2.86. The molecular formula is C19H26N2O2. The first-order chi connectivity index (χ1) is 10.3. The number of nitrogens with zero attached hydrogens (tertiary/aromatic N) is 2. The van der Waals surface area contributed by atoms with Crippen LogP contribution < -0.4 is 0 Å². The van der Waals surface area contributed by atoms with Gasteiger partial charge < -0.3 is 0 Å². The number of rotatable bonds is 0. The number of hydrogen-bond acceptors (Lipinski definition) is 3. The molecule has 0 spiro atoms. The van der Waals surface area contributed by atoms with Gasteiger partial charge in [0.05, 0.1) is 11.3 Å². The van der Waals surface area contributed by atoms with Crippen molar-refractivity contribution in [3.8, 4) is 0 Å². The second-order valence-electron chi connectivity index (χ2n) is 8.29. The predicted octanol–water partition coefficient (Wildman–Crippen LogP) is 3.66. The number of likely N-dealkylation sites (N-methyl/N-ethyl adjacent to an activating group) is 1. The van der Waals surface area contributed by atoms with Gasteiger partial charge in [0.15, 0.2) is 5.78 Å². The van der Waals surface area contributed by atoms with Crippen LogP contribution in [0.5, 0.6) is 0 Å². The monoisotopic (exact) mass is 314 g/mol. The predicted molar refractivity (Wildman–Crippen MR) is 93.0 cm³/mol. The first kappa shape index (κ1) is 17.4. The molecule has 1 aliphatic carbocycles. The van der Waals surface area contributed by atoms with Gasteiger partial charge in [0.2, 0.25) is 0 Å². The van der Waals surface area contributed by atoms with E-state index in [4.69, 9.17) is 0 Å². The minimum Gasteiger partial charge on any atom is -0.289 e. The van der Waals surface area contributed by atoms with Gasteiger partial charge in [-0.15, -0.1) is 0 Å². The SMILES string of the molecule is CC1=NN(C)C(=O)C1=C1C=C(C(C)(C)C)C(=O)C(C(C)(C)C)=C1. The van der Waals surface area contributed by atoms with Gasteiger partial charge in [-0.05, 0) is 35.5 Å². The summed E-state index contributed by atoms with van der Waals surface area (Å²) in [7, 11) is 1.65. The number of amides is 1. The van der Waals surface area contributed by atoms with Crippen LogP contribution in [0, 0.1) is 10.8 Å². The first-order valence-corrected chi connectivity index (χ1v) is 7.91. The Morgan fingerprint density at radius 2 is 1.35 bits per heavy atom. The molecule has 1 aliphatic heterocycles. The quantitative estimate of drug-likeness (QED) is 0.641.